The molecule has 0 radical (unpaired) electrons. The summed E-state index contributed by atoms with van der Waals surface area (Å²) in [4.78, 5) is 0. The molecule has 0 amide bonds. The fourth-order valence-corrected chi connectivity index (χ4v) is 2.02. The van der Waals surface area contributed by atoms with Gasteiger partial charge in [0.25, 0.3) is 0 Å². The minimum atomic E-state index is 0.572. The predicted octanol–water partition coefficient (Wildman–Crippen LogP) is 2.71. The Morgan fingerprint density at radius 3 is 2.21 bits per heavy atom. The van der Waals surface area contributed by atoms with Gasteiger partial charge in [-0.2, -0.15) is 0 Å². The van der Waals surface area contributed by atoms with Crippen LogP contribution in [0.1, 0.15) is 16.7 Å². The lowest BCUT2D eigenvalue weighted by Gasteiger charge is -2.11. The molecule has 1 aromatic rings. The maximum atomic E-state index is 5.76. The first kappa shape index (κ1) is 11.8. The summed E-state index contributed by atoms with van der Waals surface area (Å²) in [5, 5.41) is 0. The number of halogens is 2. The molecule has 0 aliphatic carbocycles. The summed E-state index contributed by atoms with van der Waals surface area (Å²) in [5.41, 5.74) is 9.42. The van der Waals surface area contributed by atoms with Gasteiger partial charge < -0.3 is 5.73 Å². The maximum Gasteiger partial charge on any atom is 0.0264 e. The van der Waals surface area contributed by atoms with Gasteiger partial charge in [-0.3, -0.25) is 0 Å². The summed E-state index contributed by atoms with van der Waals surface area (Å²) >= 11 is 11.5. The quantitative estimate of drug-likeness (QED) is 0.776. The van der Waals surface area contributed by atoms with Crippen molar-refractivity contribution in [3.05, 3.63) is 34.9 Å². The SMILES string of the molecule is NCc1cccc(CCCl)c1CCCl. The summed E-state index contributed by atoms with van der Waals surface area (Å²) in [7, 11) is 0. The Hall–Kier alpha value is -0.240. The van der Waals surface area contributed by atoms with E-state index in [0.717, 1.165) is 12.8 Å². The van der Waals surface area contributed by atoms with Crippen LogP contribution in [0.15, 0.2) is 18.2 Å². The second-order valence-corrected chi connectivity index (χ2v) is 3.89. The molecule has 0 aliphatic rings. The monoisotopic (exact) mass is 231 g/mol. The second kappa shape index (κ2) is 6.28. The molecule has 14 heavy (non-hydrogen) atoms. The maximum absolute atomic E-state index is 5.76. The van der Waals surface area contributed by atoms with Crippen LogP contribution in [0.25, 0.3) is 0 Å². The van der Waals surface area contributed by atoms with Crippen molar-refractivity contribution in [2.75, 3.05) is 11.8 Å². The molecule has 0 aliphatic heterocycles. The van der Waals surface area contributed by atoms with Crippen LogP contribution < -0.4 is 5.73 Å². The number of benzene rings is 1. The number of hydrogen-bond donors (Lipinski definition) is 1. The molecule has 1 aromatic carbocycles. The highest BCUT2D eigenvalue weighted by atomic mass is 35.5. The van der Waals surface area contributed by atoms with Gasteiger partial charge in [0.1, 0.15) is 0 Å². The van der Waals surface area contributed by atoms with E-state index in [1.165, 1.54) is 16.7 Å². The van der Waals surface area contributed by atoms with Gasteiger partial charge in [0, 0.05) is 18.3 Å². The fraction of sp³-hybridized carbons (Fsp3) is 0.455. The molecular weight excluding hydrogens is 217 g/mol. The van der Waals surface area contributed by atoms with Gasteiger partial charge in [-0.25, -0.2) is 0 Å². The highest BCUT2D eigenvalue weighted by Gasteiger charge is 2.05. The molecule has 0 saturated heterocycles. The number of hydrogen-bond acceptors (Lipinski definition) is 1. The fourth-order valence-electron chi connectivity index (χ4n) is 1.63. The van der Waals surface area contributed by atoms with Crippen LogP contribution >= 0.6 is 23.2 Å². The third-order valence-electron chi connectivity index (χ3n) is 2.30. The van der Waals surface area contributed by atoms with Crippen LogP contribution in [0.2, 0.25) is 0 Å². The standard InChI is InChI=1S/C11H15Cl2N/c12-6-4-9-2-1-3-10(8-14)11(9)5-7-13/h1-3H,4-8,14H2. The molecule has 1 rings (SSSR count). The van der Waals surface area contributed by atoms with Gasteiger partial charge in [0.2, 0.25) is 0 Å². The summed E-state index contributed by atoms with van der Waals surface area (Å²) in [6, 6.07) is 6.19. The first-order chi connectivity index (χ1) is 6.83. The van der Waals surface area contributed by atoms with E-state index >= 15 is 0 Å². The number of rotatable bonds is 5. The van der Waals surface area contributed by atoms with Gasteiger partial charge >= 0.3 is 0 Å². The van der Waals surface area contributed by atoms with Crippen molar-refractivity contribution in [2.24, 2.45) is 5.73 Å². The van der Waals surface area contributed by atoms with Gasteiger partial charge in [-0.15, -0.1) is 23.2 Å². The smallest absolute Gasteiger partial charge is 0.0264 e. The first-order valence-corrected chi connectivity index (χ1v) is 5.82. The summed E-state index contributed by atoms with van der Waals surface area (Å²) in [6.45, 7) is 0.572. The molecule has 0 aromatic heterocycles. The molecule has 1 nitrogen and oxygen atoms in total. The zero-order valence-corrected chi connectivity index (χ0v) is 9.61. The van der Waals surface area contributed by atoms with Crippen LogP contribution in [0.3, 0.4) is 0 Å². The van der Waals surface area contributed by atoms with Crippen molar-refractivity contribution in [2.45, 2.75) is 19.4 Å². The summed E-state index contributed by atoms with van der Waals surface area (Å²) < 4.78 is 0. The van der Waals surface area contributed by atoms with E-state index in [1.54, 1.807) is 0 Å². The third kappa shape index (κ3) is 2.88. The Bertz CT molecular complexity index is 287. The lowest BCUT2D eigenvalue weighted by Crippen LogP contribution is -2.06. The van der Waals surface area contributed by atoms with Crippen LogP contribution in [0.5, 0.6) is 0 Å². The van der Waals surface area contributed by atoms with Crippen molar-refractivity contribution in [3.63, 3.8) is 0 Å². The van der Waals surface area contributed by atoms with E-state index in [9.17, 15) is 0 Å². The number of alkyl halides is 2. The minimum Gasteiger partial charge on any atom is -0.326 e. The Morgan fingerprint density at radius 1 is 1.00 bits per heavy atom. The molecule has 0 saturated carbocycles. The van der Waals surface area contributed by atoms with Crippen LogP contribution in [-0.4, -0.2) is 11.8 Å². The molecule has 0 unspecified atom stereocenters. The van der Waals surface area contributed by atoms with E-state index in [-0.39, 0.29) is 0 Å². The van der Waals surface area contributed by atoms with Gasteiger partial charge in [-0.1, -0.05) is 18.2 Å². The van der Waals surface area contributed by atoms with Crippen molar-refractivity contribution >= 4 is 23.2 Å². The Balaban J connectivity index is 3.00. The average Bonchev–Trinajstić information content (AvgIpc) is 2.21. The average molecular weight is 232 g/mol. The molecule has 0 spiro atoms. The molecule has 0 fully saturated rings. The molecule has 78 valence electrons. The van der Waals surface area contributed by atoms with Gasteiger partial charge in [-0.05, 0) is 29.5 Å². The van der Waals surface area contributed by atoms with Crippen molar-refractivity contribution in [1.29, 1.82) is 0 Å². The first-order valence-electron chi connectivity index (χ1n) is 4.75. The van der Waals surface area contributed by atoms with Crippen molar-refractivity contribution in [3.8, 4) is 0 Å². The Morgan fingerprint density at radius 2 is 1.64 bits per heavy atom. The third-order valence-corrected chi connectivity index (χ3v) is 2.68. The molecule has 0 heterocycles. The van der Waals surface area contributed by atoms with E-state index in [4.69, 9.17) is 28.9 Å². The minimum absolute atomic E-state index is 0.572. The molecule has 0 atom stereocenters. The predicted molar refractivity (Wildman–Crippen MR) is 63.2 cm³/mol. The lowest BCUT2D eigenvalue weighted by atomic mass is 9.97. The van der Waals surface area contributed by atoms with E-state index in [2.05, 4.69) is 12.1 Å². The molecule has 0 bridgehead atoms. The van der Waals surface area contributed by atoms with Crippen LogP contribution in [-0.2, 0) is 19.4 Å². The van der Waals surface area contributed by atoms with E-state index in [0.29, 0.717) is 18.3 Å². The summed E-state index contributed by atoms with van der Waals surface area (Å²) in [6.07, 6.45) is 1.77. The zero-order valence-electron chi connectivity index (χ0n) is 8.10. The number of nitrogens with two attached hydrogens (primary N) is 1. The lowest BCUT2D eigenvalue weighted by molar-refractivity contribution is 0.967. The normalized spacial score (nSPS) is 10.5. The van der Waals surface area contributed by atoms with Crippen molar-refractivity contribution < 1.29 is 0 Å². The van der Waals surface area contributed by atoms with Crippen LogP contribution in [0.4, 0.5) is 0 Å². The van der Waals surface area contributed by atoms with E-state index < -0.39 is 0 Å². The highest BCUT2D eigenvalue weighted by molar-refractivity contribution is 6.18. The second-order valence-electron chi connectivity index (χ2n) is 3.14. The Labute approximate surface area is 95.2 Å². The van der Waals surface area contributed by atoms with Gasteiger partial charge in [0.15, 0.2) is 0 Å². The van der Waals surface area contributed by atoms with Crippen LogP contribution in [0, 0.1) is 0 Å². The van der Waals surface area contributed by atoms with Gasteiger partial charge in [0.05, 0.1) is 0 Å². The molecular formula is C11H15Cl2N. The molecule has 3 heteroatoms. The highest BCUT2D eigenvalue weighted by Crippen LogP contribution is 2.17. The number of aryl methyl sites for hydroxylation is 1. The largest absolute Gasteiger partial charge is 0.326 e. The summed E-state index contributed by atoms with van der Waals surface area (Å²) in [5.74, 6) is 1.27. The van der Waals surface area contributed by atoms with E-state index in [1.807, 2.05) is 6.07 Å². The Kier molecular flexibility index (Phi) is 5.31. The molecule has 2 N–H and O–H groups in total. The zero-order chi connectivity index (χ0) is 10.4. The van der Waals surface area contributed by atoms with Crippen molar-refractivity contribution in [1.82, 2.24) is 0 Å². The topological polar surface area (TPSA) is 26.0 Å².